The van der Waals surface area contributed by atoms with Crippen molar-refractivity contribution in [2.24, 2.45) is 0 Å². The minimum atomic E-state index is -4.44. The molecule has 1 aliphatic heterocycles. The van der Waals surface area contributed by atoms with E-state index in [4.69, 9.17) is 4.74 Å². The number of benzene rings is 1. The van der Waals surface area contributed by atoms with E-state index in [1.807, 2.05) is 24.3 Å². The summed E-state index contributed by atoms with van der Waals surface area (Å²) in [5, 5.41) is 2.97. The van der Waals surface area contributed by atoms with Gasteiger partial charge in [-0.3, -0.25) is 0 Å². The Bertz CT molecular complexity index is 628. The number of fused-ring (bicyclic) bond motifs is 1. The van der Waals surface area contributed by atoms with Gasteiger partial charge in [0.25, 0.3) is 0 Å². The Kier molecular flexibility index (Phi) is 3.00. The van der Waals surface area contributed by atoms with Crippen LogP contribution in [0.25, 0.3) is 0 Å². The Hall–Kier alpha value is -2.24. The summed E-state index contributed by atoms with van der Waals surface area (Å²) in [6.07, 6.45) is -4.44. The fraction of sp³-hybridized carbons (Fsp3) is 0.214. The van der Waals surface area contributed by atoms with Crippen molar-refractivity contribution >= 4 is 5.82 Å². The van der Waals surface area contributed by atoms with Gasteiger partial charge in [-0.25, -0.2) is 4.98 Å². The summed E-state index contributed by atoms with van der Waals surface area (Å²) in [6.45, 7) is 0.372. The van der Waals surface area contributed by atoms with Crippen molar-refractivity contribution in [2.75, 3.05) is 11.9 Å². The fourth-order valence-corrected chi connectivity index (χ4v) is 2.13. The molecular weight excluding hydrogens is 269 g/mol. The van der Waals surface area contributed by atoms with Gasteiger partial charge in [0.05, 0.1) is 6.04 Å². The number of alkyl halides is 3. The number of anilines is 1. The van der Waals surface area contributed by atoms with Gasteiger partial charge in [-0.05, 0) is 18.2 Å². The van der Waals surface area contributed by atoms with Crippen LogP contribution < -0.4 is 10.1 Å². The molecule has 1 aromatic carbocycles. The highest BCUT2D eigenvalue weighted by Gasteiger charge is 2.33. The largest absolute Gasteiger partial charge is 0.491 e. The van der Waals surface area contributed by atoms with Crippen LogP contribution in [0.2, 0.25) is 0 Å². The molecule has 1 aliphatic rings. The van der Waals surface area contributed by atoms with Crippen molar-refractivity contribution in [1.29, 1.82) is 0 Å². The molecule has 3 rings (SSSR count). The number of nitrogens with one attached hydrogen (secondary N) is 1. The van der Waals surface area contributed by atoms with Crippen LogP contribution in [0.4, 0.5) is 19.0 Å². The zero-order chi connectivity index (χ0) is 14.2. The lowest BCUT2D eigenvalue weighted by atomic mass is 10.1. The van der Waals surface area contributed by atoms with Gasteiger partial charge in [-0.15, -0.1) is 0 Å². The van der Waals surface area contributed by atoms with E-state index in [1.165, 1.54) is 12.1 Å². The summed E-state index contributed by atoms with van der Waals surface area (Å²) < 4.78 is 43.3. The molecule has 0 saturated heterocycles. The number of hydrogen-bond donors (Lipinski definition) is 1. The maximum Gasteiger partial charge on any atom is 0.433 e. The second-order valence-electron chi connectivity index (χ2n) is 4.45. The normalized spacial score (nSPS) is 17.4. The maximum atomic E-state index is 12.6. The van der Waals surface area contributed by atoms with Crippen molar-refractivity contribution in [3.63, 3.8) is 0 Å². The monoisotopic (exact) mass is 280 g/mol. The summed E-state index contributed by atoms with van der Waals surface area (Å²) in [5.41, 5.74) is 0.0152. The van der Waals surface area contributed by atoms with Crippen molar-refractivity contribution in [3.05, 3.63) is 53.7 Å². The van der Waals surface area contributed by atoms with Crippen molar-refractivity contribution in [1.82, 2.24) is 4.98 Å². The Morgan fingerprint density at radius 1 is 1.10 bits per heavy atom. The first kappa shape index (κ1) is 12.8. The molecule has 104 valence electrons. The number of halogens is 3. The number of pyridine rings is 1. The van der Waals surface area contributed by atoms with Gasteiger partial charge in [-0.2, -0.15) is 13.2 Å². The van der Waals surface area contributed by atoms with Gasteiger partial charge in [-0.1, -0.05) is 24.3 Å². The molecule has 20 heavy (non-hydrogen) atoms. The van der Waals surface area contributed by atoms with Crippen LogP contribution in [0.3, 0.4) is 0 Å². The van der Waals surface area contributed by atoms with Crippen molar-refractivity contribution < 1.29 is 17.9 Å². The number of para-hydroxylation sites is 1. The van der Waals surface area contributed by atoms with Gasteiger partial charge in [0.1, 0.15) is 23.9 Å². The van der Waals surface area contributed by atoms with Crippen LogP contribution in [0.5, 0.6) is 5.75 Å². The molecule has 1 aromatic heterocycles. The van der Waals surface area contributed by atoms with Crippen LogP contribution in [0, 0.1) is 0 Å². The predicted molar refractivity (Wildman–Crippen MR) is 67.5 cm³/mol. The third-order valence-corrected chi connectivity index (χ3v) is 3.06. The van der Waals surface area contributed by atoms with Gasteiger partial charge in [0.2, 0.25) is 0 Å². The highest BCUT2D eigenvalue weighted by Crippen LogP contribution is 2.34. The lowest BCUT2D eigenvalue weighted by molar-refractivity contribution is -0.141. The Balaban J connectivity index is 1.83. The SMILES string of the molecule is FC(F)(F)c1cccc(NC2COc3ccccc32)n1. The molecule has 1 N–H and O–H groups in total. The molecule has 6 heteroatoms. The van der Waals surface area contributed by atoms with E-state index >= 15 is 0 Å². The molecule has 0 bridgehead atoms. The molecule has 1 atom stereocenters. The summed E-state index contributed by atoms with van der Waals surface area (Å²) in [5.74, 6) is 0.933. The lowest BCUT2D eigenvalue weighted by Crippen LogP contribution is -2.15. The second kappa shape index (κ2) is 4.70. The average Bonchev–Trinajstić information content (AvgIpc) is 2.82. The van der Waals surface area contributed by atoms with Crippen LogP contribution in [0.1, 0.15) is 17.3 Å². The fourth-order valence-electron chi connectivity index (χ4n) is 2.13. The standard InChI is InChI=1S/C14H11F3N2O/c15-14(16,17)12-6-3-7-13(19-12)18-10-8-20-11-5-2-1-4-9(10)11/h1-7,10H,8H2,(H,18,19). The first-order chi connectivity index (χ1) is 9.54. The summed E-state index contributed by atoms with van der Waals surface area (Å²) in [7, 11) is 0. The molecule has 2 aromatic rings. The molecule has 2 heterocycles. The van der Waals surface area contributed by atoms with Gasteiger partial charge >= 0.3 is 6.18 Å². The molecule has 1 unspecified atom stereocenters. The Morgan fingerprint density at radius 2 is 1.90 bits per heavy atom. The molecule has 3 nitrogen and oxygen atoms in total. The number of nitrogens with zero attached hydrogens (tertiary/aromatic N) is 1. The summed E-state index contributed by atoms with van der Waals surface area (Å²) in [4.78, 5) is 3.59. The predicted octanol–water partition coefficient (Wildman–Crippen LogP) is 3.65. The van der Waals surface area contributed by atoms with E-state index in [0.717, 1.165) is 17.4 Å². The first-order valence-corrected chi connectivity index (χ1v) is 6.06. The van der Waals surface area contributed by atoms with Crippen LogP contribution in [-0.4, -0.2) is 11.6 Å². The van der Waals surface area contributed by atoms with Crippen LogP contribution in [0.15, 0.2) is 42.5 Å². The number of aromatic nitrogens is 1. The zero-order valence-corrected chi connectivity index (χ0v) is 10.3. The van der Waals surface area contributed by atoms with Crippen molar-refractivity contribution in [2.45, 2.75) is 12.2 Å². The molecule has 0 fully saturated rings. The first-order valence-electron chi connectivity index (χ1n) is 6.06. The van der Waals surface area contributed by atoms with Crippen LogP contribution >= 0.6 is 0 Å². The topological polar surface area (TPSA) is 34.1 Å². The minimum absolute atomic E-state index is 0.185. The molecular formula is C14H11F3N2O. The molecule has 0 saturated carbocycles. The number of hydrogen-bond acceptors (Lipinski definition) is 3. The van der Waals surface area contributed by atoms with E-state index in [0.29, 0.717) is 6.61 Å². The lowest BCUT2D eigenvalue weighted by Gasteiger charge is -2.14. The van der Waals surface area contributed by atoms with E-state index in [1.54, 1.807) is 0 Å². The Morgan fingerprint density at radius 3 is 2.70 bits per heavy atom. The molecule has 0 spiro atoms. The summed E-state index contributed by atoms with van der Waals surface area (Å²) in [6, 6.07) is 11.0. The van der Waals surface area contributed by atoms with Gasteiger partial charge < -0.3 is 10.1 Å². The van der Waals surface area contributed by atoms with Crippen molar-refractivity contribution in [3.8, 4) is 5.75 Å². The molecule has 0 aliphatic carbocycles. The third-order valence-electron chi connectivity index (χ3n) is 3.06. The molecule has 0 amide bonds. The van der Waals surface area contributed by atoms with E-state index < -0.39 is 11.9 Å². The quantitative estimate of drug-likeness (QED) is 0.911. The highest BCUT2D eigenvalue weighted by molar-refractivity contribution is 5.46. The second-order valence-corrected chi connectivity index (χ2v) is 4.45. The number of ether oxygens (including phenoxy) is 1. The zero-order valence-electron chi connectivity index (χ0n) is 10.3. The molecule has 0 radical (unpaired) electrons. The minimum Gasteiger partial charge on any atom is -0.491 e. The van der Waals surface area contributed by atoms with E-state index in [2.05, 4.69) is 10.3 Å². The Labute approximate surface area is 113 Å². The van der Waals surface area contributed by atoms with Gasteiger partial charge in [0.15, 0.2) is 0 Å². The average molecular weight is 280 g/mol. The summed E-state index contributed by atoms with van der Waals surface area (Å²) >= 11 is 0. The van der Waals surface area contributed by atoms with Gasteiger partial charge in [0, 0.05) is 5.56 Å². The van der Waals surface area contributed by atoms with E-state index in [-0.39, 0.29) is 11.9 Å². The number of rotatable bonds is 2. The highest BCUT2D eigenvalue weighted by atomic mass is 19.4. The maximum absolute atomic E-state index is 12.6. The third kappa shape index (κ3) is 2.41. The smallest absolute Gasteiger partial charge is 0.433 e. The van der Waals surface area contributed by atoms with E-state index in [9.17, 15) is 13.2 Å². The van der Waals surface area contributed by atoms with Crippen LogP contribution in [-0.2, 0) is 6.18 Å².